The van der Waals surface area contributed by atoms with Crippen molar-refractivity contribution in [3.05, 3.63) is 53.0 Å². The number of rotatable bonds is 10. The van der Waals surface area contributed by atoms with Gasteiger partial charge in [0.2, 0.25) is 5.91 Å². The molecule has 33 heavy (non-hydrogen) atoms. The van der Waals surface area contributed by atoms with Crippen molar-refractivity contribution in [3.63, 3.8) is 0 Å². The first-order valence-electron chi connectivity index (χ1n) is 11.2. The van der Waals surface area contributed by atoms with E-state index < -0.39 is 5.76 Å². The Balaban J connectivity index is 1.69. The van der Waals surface area contributed by atoms with Gasteiger partial charge in [0.15, 0.2) is 10.7 Å². The van der Waals surface area contributed by atoms with Gasteiger partial charge in [0.25, 0.3) is 0 Å². The number of amides is 1. The number of carbonyl (C=O) groups excluding carboxylic acids is 1. The van der Waals surface area contributed by atoms with Crippen LogP contribution in [0.4, 0.5) is 5.13 Å². The summed E-state index contributed by atoms with van der Waals surface area (Å²) < 4.78 is 13.4. The summed E-state index contributed by atoms with van der Waals surface area (Å²) in [6.07, 6.45) is 0. The first kappa shape index (κ1) is 23.0. The second kappa shape index (κ2) is 10.2. The van der Waals surface area contributed by atoms with Gasteiger partial charge in [0.05, 0.1) is 16.8 Å². The lowest BCUT2D eigenvalue weighted by molar-refractivity contribution is -0.119. The normalized spacial score (nSPS) is 11.5. The van der Waals surface area contributed by atoms with E-state index >= 15 is 0 Å². The molecule has 0 aliphatic rings. The standard InChI is InChI=1S/C24H28N4O4S/c1-4-26(5-2)14-15-27(23-25-22-19(31-6-3)12-9-13-20(22)33-23)21(29)16-28-17-10-7-8-11-18(17)32-24(28)30/h7-13H,4-6,14-16H2,1-3H3. The number of thiazole rings is 1. The summed E-state index contributed by atoms with van der Waals surface area (Å²) in [5, 5.41) is 0.593. The molecule has 2 aromatic carbocycles. The molecular formula is C24H28N4O4S. The molecule has 8 nitrogen and oxygen atoms in total. The molecule has 0 bridgehead atoms. The molecule has 4 aromatic rings. The Kier molecular flexibility index (Phi) is 7.10. The topological polar surface area (TPSA) is 80.8 Å². The number of likely N-dealkylation sites (N-methyl/N-ethyl adjacent to an activating group) is 1. The number of anilines is 1. The number of aromatic nitrogens is 2. The zero-order valence-corrected chi connectivity index (χ0v) is 19.9. The van der Waals surface area contributed by atoms with Gasteiger partial charge in [-0.25, -0.2) is 9.78 Å². The molecule has 0 aliphatic carbocycles. The van der Waals surface area contributed by atoms with Gasteiger partial charge in [-0.3, -0.25) is 14.3 Å². The summed E-state index contributed by atoms with van der Waals surface area (Å²) in [5.74, 6) is -0.0605. The van der Waals surface area contributed by atoms with Crippen molar-refractivity contribution >= 4 is 43.7 Å². The van der Waals surface area contributed by atoms with Crippen molar-refractivity contribution in [2.45, 2.75) is 27.3 Å². The molecule has 174 valence electrons. The maximum Gasteiger partial charge on any atom is 0.420 e. The van der Waals surface area contributed by atoms with E-state index in [1.165, 1.54) is 15.9 Å². The van der Waals surface area contributed by atoms with E-state index in [9.17, 15) is 9.59 Å². The lowest BCUT2D eigenvalue weighted by atomic mass is 10.3. The number of para-hydroxylation sites is 3. The predicted molar refractivity (Wildman–Crippen MR) is 131 cm³/mol. The van der Waals surface area contributed by atoms with Crippen LogP contribution in [0, 0.1) is 0 Å². The molecule has 0 radical (unpaired) electrons. The van der Waals surface area contributed by atoms with Crippen LogP contribution < -0.4 is 15.4 Å². The number of carbonyl (C=O) groups is 1. The molecule has 0 N–H and O–H groups in total. The Labute approximate surface area is 196 Å². The molecular weight excluding hydrogens is 440 g/mol. The number of fused-ring (bicyclic) bond motifs is 2. The highest BCUT2D eigenvalue weighted by Gasteiger charge is 2.23. The number of hydrogen-bond acceptors (Lipinski definition) is 7. The maximum absolute atomic E-state index is 13.5. The highest BCUT2D eigenvalue weighted by atomic mass is 32.1. The van der Waals surface area contributed by atoms with Gasteiger partial charge in [0, 0.05) is 13.1 Å². The molecule has 2 heterocycles. The van der Waals surface area contributed by atoms with E-state index in [1.54, 1.807) is 23.1 Å². The average Bonchev–Trinajstić information content (AvgIpc) is 3.38. The highest BCUT2D eigenvalue weighted by molar-refractivity contribution is 7.22. The Morgan fingerprint density at radius 1 is 1.09 bits per heavy atom. The minimum Gasteiger partial charge on any atom is -0.492 e. The van der Waals surface area contributed by atoms with Crippen LogP contribution >= 0.6 is 11.3 Å². The molecule has 2 aromatic heterocycles. The summed E-state index contributed by atoms with van der Waals surface area (Å²) in [5.41, 5.74) is 1.81. The number of ether oxygens (including phenoxy) is 1. The van der Waals surface area contributed by atoms with Crippen molar-refractivity contribution in [1.29, 1.82) is 0 Å². The summed E-state index contributed by atoms with van der Waals surface area (Å²) in [4.78, 5) is 34.7. The Hall–Kier alpha value is -3.17. The van der Waals surface area contributed by atoms with Crippen molar-refractivity contribution in [3.8, 4) is 5.75 Å². The molecule has 1 amide bonds. The van der Waals surface area contributed by atoms with E-state index in [4.69, 9.17) is 14.1 Å². The van der Waals surface area contributed by atoms with Crippen LogP contribution in [-0.4, -0.2) is 53.1 Å². The van der Waals surface area contributed by atoms with E-state index in [2.05, 4.69) is 18.7 Å². The van der Waals surface area contributed by atoms with Crippen LogP contribution in [0.1, 0.15) is 20.8 Å². The van der Waals surface area contributed by atoms with E-state index in [-0.39, 0.29) is 12.5 Å². The number of nitrogens with zero attached hydrogens (tertiary/aromatic N) is 4. The lowest BCUT2D eigenvalue weighted by Crippen LogP contribution is -2.41. The van der Waals surface area contributed by atoms with Crippen LogP contribution in [0.5, 0.6) is 5.75 Å². The van der Waals surface area contributed by atoms with E-state index in [1.807, 2.05) is 31.2 Å². The van der Waals surface area contributed by atoms with Gasteiger partial charge in [-0.1, -0.05) is 43.4 Å². The quantitative estimate of drug-likeness (QED) is 0.350. The summed E-state index contributed by atoms with van der Waals surface area (Å²) in [7, 11) is 0. The second-order valence-electron chi connectivity index (χ2n) is 7.53. The smallest absolute Gasteiger partial charge is 0.420 e. The average molecular weight is 469 g/mol. The summed E-state index contributed by atoms with van der Waals surface area (Å²) >= 11 is 1.45. The van der Waals surface area contributed by atoms with Gasteiger partial charge in [-0.15, -0.1) is 0 Å². The fourth-order valence-electron chi connectivity index (χ4n) is 3.79. The molecule has 9 heteroatoms. The third-order valence-corrected chi connectivity index (χ3v) is 6.65. The third-order valence-electron chi connectivity index (χ3n) is 5.60. The number of benzene rings is 2. The zero-order valence-electron chi connectivity index (χ0n) is 19.1. The van der Waals surface area contributed by atoms with Crippen molar-refractivity contribution in [1.82, 2.24) is 14.5 Å². The number of hydrogen-bond donors (Lipinski definition) is 0. The minimum atomic E-state index is -0.545. The molecule has 0 atom stereocenters. The highest BCUT2D eigenvalue weighted by Crippen LogP contribution is 2.34. The Morgan fingerprint density at radius 3 is 2.64 bits per heavy atom. The maximum atomic E-state index is 13.5. The molecule has 0 saturated heterocycles. The number of oxazole rings is 1. The Morgan fingerprint density at radius 2 is 1.88 bits per heavy atom. The SMILES string of the molecule is CCOc1cccc2sc(N(CCN(CC)CC)C(=O)Cn3c(=O)oc4ccccc43)nc12. The van der Waals surface area contributed by atoms with Crippen molar-refractivity contribution in [2.24, 2.45) is 0 Å². The monoisotopic (exact) mass is 468 g/mol. The van der Waals surface area contributed by atoms with Crippen LogP contribution in [0.25, 0.3) is 21.3 Å². The molecule has 4 rings (SSSR count). The molecule has 0 unspecified atom stereocenters. The van der Waals surface area contributed by atoms with Gasteiger partial charge < -0.3 is 14.1 Å². The first-order valence-corrected chi connectivity index (χ1v) is 12.0. The fourth-order valence-corrected chi connectivity index (χ4v) is 4.82. The van der Waals surface area contributed by atoms with Crippen LogP contribution in [-0.2, 0) is 11.3 Å². The molecule has 0 saturated carbocycles. The predicted octanol–water partition coefficient (Wildman–Crippen LogP) is 3.98. The fraction of sp³-hybridized carbons (Fsp3) is 0.375. The van der Waals surface area contributed by atoms with E-state index in [0.717, 1.165) is 23.3 Å². The lowest BCUT2D eigenvalue weighted by Gasteiger charge is -2.24. The van der Waals surface area contributed by atoms with Crippen molar-refractivity contribution < 1.29 is 13.9 Å². The van der Waals surface area contributed by atoms with Gasteiger partial charge in [-0.05, 0) is 44.3 Å². The van der Waals surface area contributed by atoms with Gasteiger partial charge in [0.1, 0.15) is 17.8 Å². The van der Waals surface area contributed by atoms with Gasteiger partial charge in [-0.2, -0.15) is 0 Å². The first-order chi connectivity index (χ1) is 16.0. The molecule has 0 aliphatic heterocycles. The van der Waals surface area contributed by atoms with Gasteiger partial charge >= 0.3 is 5.76 Å². The largest absolute Gasteiger partial charge is 0.492 e. The van der Waals surface area contributed by atoms with Crippen molar-refractivity contribution in [2.75, 3.05) is 37.7 Å². The third kappa shape index (κ3) is 4.79. The van der Waals surface area contributed by atoms with Crippen LogP contribution in [0.15, 0.2) is 51.7 Å². The van der Waals surface area contributed by atoms with Crippen LogP contribution in [0.3, 0.4) is 0 Å². The summed E-state index contributed by atoms with van der Waals surface area (Å²) in [6.45, 7) is 9.48. The van der Waals surface area contributed by atoms with E-state index in [0.29, 0.717) is 41.7 Å². The molecule has 0 spiro atoms. The zero-order chi connectivity index (χ0) is 23.4. The Bertz CT molecular complexity index is 1300. The molecule has 0 fully saturated rings. The summed E-state index contributed by atoms with van der Waals surface area (Å²) in [6, 6.07) is 12.9. The van der Waals surface area contributed by atoms with Crippen LogP contribution in [0.2, 0.25) is 0 Å². The minimum absolute atomic E-state index is 0.123. The second-order valence-corrected chi connectivity index (χ2v) is 8.54.